The minimum Gasteiger partial charge on any atom is -0.276 e. The third-order valence-electron chi connectivity index (χ3n) is 1.76. The molecule has 0 aliphatic carbocycles. The maximum absolute atomic E-state index is 11.0. The van der Waals surface area contributed by atoms with Crippen LogP contribution in [0.2, 0.25) is 0 Å². The van der Waals surface area contributed by atoms with Gasteiger partial charge in [-0.1, -0.05) is 18.2 Å². The Labute approximate surface area is 79.4 Å². The van der Waals surface area contributed by atoms with Crippen LogP contribution in [0, 0.1) is 0 Å². The van der Waals surface area contributed by atoms with E-state index in [2.05, 4.69) is 10.2 Å². The third kappa shape index (κ3) is 1.38. The van der Waals surface area contributed by atoms with Gasteiger partial charge in [-0.05, 0) is 17.7 Å². The molecule has 13 heavy (non-hydrogen) atoms. The van der Waals surface area contributed by atoms with Gasteiger partial charge in [-0.25, -0.2) is 0 Å². The molecule has 4 heteroatoms. The van der Waals surface area contributed by atoms with E-state index in [-0.39, 0.29) is 0 Å². The maximum Gasteiger partial charge on any atom is 0.254 e. The minimum absolute atomic E-state index is 0.396. The average Bonchev–Trinajstić information content (AvgIpc) is 2.17. The summed E-state index contributed by atoms with van der Waals surface area (Å²) in [5.74, 6) is 0. The smallest absolute Gasteiger partial charge is 0.254 e. The van der Waals surface area contributed by atoms with Crippen molar-refractivity contribution in [2.24, 2.45) is 0 Å². The number of nitrogens with zero attached hydrogens (tertiary/aromatic N) is 2. The molecule has 0 saturated carbocycles. The molecule has 2 rings (SSSR count). The highest BCUT2D eigenvalue weighted by molar-refractivity contribution is 6.68. The number of halogens is 1. The molecule has 0 aliphatic heterocycles. The Morgan fingerprint density at radius 2 is 2.08 bits per heavy atom. The molecular formula is C9H5ClN2O. The standard InChI is InChI=1S/C9H5ClN2O/c10-9(13)7-5-11-12-8-4-2-1-3-6(7)8/h1-5H. The van der Waals surface area contributed by atoms with Crippen LogP contribution in [-0.4, -0.2) is 15.4 Å². The average molecular weight is 193 g/mol. The number of hydrogen-bond donors (Lipinski definition) is 0. The van der Waals surface area contributed by atoms with Crippen LogP contribution in [0.25, 0.3) is 10.9 Å². The minimum atomic E-state index is -0.508. The van der Waals surface area contributed by atoms with Crippen molar-refractivity contribution in [1.82, 2.24) is 10.2 Å². The monoisotopic (exact) mass is 192 g/mol. The lowest BCUT2D eigenvalue weighted by atomic mass is 10.1. The third-order valence-corrected chi connectivity index (χ3v) is 1.96. The van der Waals surface area contributed by atoms with Gasteiger partial charge in [-0.15, -0.1) is 0 Å². The molecule has 0 amide bonds. The van der Waals surface area contributed by atoms with Gasteiger partial charge in [0.1, 0.15) is 0 Å². The molecule has 64 valence electrons. The summed E-state index contributed by atoms with van der Waals surface area (Å²) in [6.07, 6.45) is 1.37. The van der Waals surface area contributed by atoms with Crippen molar-refractivity contribution >= 4 is 27.7 Å². The molecule has 0 fully saturated rings. The molecular weight excluding hydrogens is 188 g/mol. The fraction of sp³-hybridized carbons (Fsp3) is 0. The van der Waals surface area contributed by atoms with E-state index in [1.165, 1.54) is 6.20 Å². The highest BCUT2D eigenvalue weighted by Crippen LogP contribution is 2.16. The molecule has 0 atom stereocenters. The summed E-state index contributed by atoms with van der Waals surface area (Å²) >= 11 is 5.38. The van der Waals surface area contributed by atoms with Crippen LogP contribution in [0.3, 0.4) is 0 Å². The molecule has 3 nitrogen and oxygen atoms in total. The zero-order valence-electron chi connectivity index (χ0n) is 6.57. The van der Waals surface area contributed by atoms with Gasteiger partial charge in [0.25, 0.3) is 5.24 Å². The predicted octanol–water partition coefficient (Wildman–Crippen LogP) is 2.01. The van der Waals surface area contributed by atoms with Gasteiger partial charge in [0.2, 0.25) is 0 Å². The van der Waals surface area contributed by atoms with E-state index in [9.17, 15) is 4.79 Å². The molecule has 0 bridgehead atoms. The van der Waals surface area contributed by atoms with Gasteiger partial charge in [-0.3, -0.25) is 4.79 Å². The number of aromatic nitrogens is 2. The molecule has 0 spiro atoms. The van der Waals surface area contributed by atoms with Gasteiger partial charge in [-0.2, -0.15) is 10.2 Å². The van der Waals surface area contributed by atoms with Crippen LogP contribution in [0.15, 0.2) is 30.5 Å². The summed E-state index contributed by atoms with van der Waals surface area (Å²) in [6.45, 7) is 0. The van der Waals surface area contributed by atoms with Crippen molar-refractivity contribution < 1.29 is 4.79 Å². The SMILES string of the molecule is O=C(Cl)c1cnnc2ccccc12. The quantitative estimate of drug-likeness (QED) is 0.650. The summed E-state index contributed by atoms with van der Waals surface area (Å²) < 4.78 is 0. The molecule has 2 aromatic rings. The Morgan fingerprint density at radius 1 is 1.31 bits per heavy atom. The first kappa shape index (κ1) is 8.13. The van der Waals surface area contributed by atoms with Crippen molar-refractivity contribution in [3.05, 3.63) is 36.0 Å². The van der Waals surface area contributed by atoms with E-state index in [0.717, 1.165) is 5.39 Å². The largest absolute Gasteiger partial charge is 0.276 e. The Morgan fingerprint density at radius 3 is 2.85 bits per heavy atom. The van der Waals surface area contributed by atoms with Crippen molar-refractivity contribution in [3.63, 3.8) is 0 Å². The Bertz CT molecular complexity index is 465. The molecule has 1 aromatic heterocycles. The molecule has 0 saturated heterocycles. The number of benzene rings is 1. The summed E-state index contributed by atoms with van der Waals surface area (Å²) in [6, 6.07) is 7.23. The van der Waals surface area contributed by atoms with Crippen LogP contribution in [0.5, 0.6) is 0 Å². The predicted molar refractivity (Wildman–Crippen MR) is 49.7 cm³/mol. The first-order chi connectivity index (χ1) is 6.29. The Kier molecular flexibility index (Phi) is 1.94. The van der Waals surface area contributed by atoms with Crippen LogP contribution < -0.4 is 0 Å². The zero-order valence-corrected chi connectivity index (χ0v) is 7.32. The molecule has 0 unspecified atom stereocenters. The maximum atomic E-state index is 11.0. The van der Waals surface area contributed by atoms with Crippen LogP contribution >= 0.6 is 11.6 Å². The summed E-state index contributed by atoms with van der Waals surface area (Å²) in [4.78, 5) is 11.0. The van der Waals surface area contributed by atoms with Crippen LogP contribution in [0.1, 0.15) is 10.4 Å². The zero-order chi connectivity index (χ0) is 9.26. The number of hydrogen-bond acceptors (Lipinski definition) is 3. The fourth-order valence-electron chi connectivity index (χ4n) is 1.16. The Balaban J connectivity index is 2.83. The number of rotatable bonds is 1. The lowest BCUT2D eigenvalue weighted by Crippen LogP contribution is -1.94. The molecule has 0 radical (unpaired) electrons. The van der Waals surface area contributed by atoms with Gasteiger partial charge >= 0.3 is 0 Å². The van der Waals surface area contributed by atoms with Crippen LogP contribution in [-0.2, 0) is 0 Å². The van der Waals surface area contributed by atoms with E-state index in [0.29, 0.717) is 11.1 Å². The topological polar surface area (TPSA) is 42.9 Å². The first-order valence-corrected chi connectivity index (χ1v) is 4.07. The summed E-state index contributed by atoms with van der Waals surface area (Å²) in [5, 5.41) is 7.77. The summed E-state index contributed by atoms with van der Waals surface area (Å²) in [5.41, 5.74) is 1.07. The summed E-state index contributed by atoms with van der Waals surface area (Å²) in [7, 11) is 0. The number of carbonyl (C=O) groups excluding carboxylic acids is 1. The highest BCUT2D eigenvalue weighted by Gasteiger charge is 2.07. The fourth-order valence-corrected chi connectivity index (χ4v) is 1.31. The molecule has 1 aromatic carbocycles. The van der Waals surface area contributed by atoms with Crippen molar-refractivity contribution in [1.29, 1.82) is 0 Å². The Hall–Kier alpha value is -1.48. The first-order valence-electron chi connectivity index (χ1n) is 3.69. The van der Waals surface area contributed by atoms with Gasteiger partial charge in [0.15, 0.2) is 0 Å². The highest BCUT2D eigenvalue weighted by atomic mass is 35.5. The van der Waals surface area contributed by atoms with E-state index >= 15 is 0 Å². The van der Waals surface area contributed by atoms with Crippen molar-refractivity contribution in [2.45, 2.75) is 0 Å². The van der Waals surface area contributed by atoms with Gasteiger partial charge in [0.05, 0.1) is 17.3 Å². The number of fused-ring (bicyclic) bond motifs is 1. The second kappa shape index (κ2) is 3.11. The van der Waals surface area contributed by atoms with Gasteiger partial charge < -0.3 is 0 Å². The lowest BCUT2D eigenvalue weighted by Gasteiger charge is -1.98. The van der Waals surface area contributed by atoms with E-state index in [1.54, 1.807) is 12.1 Å². The lowest BCUT2D eigenvalue weighted by molar-refractivity contribution is 0.108. The second-order valence-electron chi connectivity index (χ2n) is 2.55. The van der Waals surface area contributed by atoms with Crippen molar-refractivity contribution in [3.8, 4) is 0 Å². The normalized spacial score (nSPS) is 10.2. The van der Waals surface area contributed by atoms with E-state index < -0.39 is 5.24 Å². The van der Waals surface area contributed by atoms with Crippen molar-refractivity contribution in [2.75, 3.05) is 0 Å². The molecule has 0 N–H and O–H groups in total. The molecule has 1 heterocycles. The molecule has 0 aliphatic rings. The van der Waals surface area contributed by atoms with E-state index in [1.807, 2.05) is 12.1 Å². The van der Waals surface area contributed by atoms with Gasteiger partial charge in [0, 0.05) is 5.39 Å². The number of carbonyl (C=O) groups is 1. The second-order valence-corrected chi connectivity index (χ2v) is 2.89. The van der Waals surface area contributed by atoms with Crippen LogP contribution in [0.4, 0.5) is 0 Å². The van der Waals surface area contributed by atoms with E-state index in [4.69, 9.17) is 11.6 Å².